The fraction of sp³-hybridized carbons (Fsp3) is 0.333. The van der Waals surface area contributed by atoms with E-state index in [-0.39, 0.29) is 16.6 Å². The van der Waals surface area contributed by atoms with Gasteiger partial charge in [-0.3, -0.25) is 0 Å². The third-order valence-electron chi connectivity index (χ3n) is 2.29. The van der Waals surface area contributed by atoms with Gasteiger partial charge in [0.25, 0.3) is 0 Å². The van der Waals surface area contributed by atoms with E-state index in [1.165, 1.54) is 12.3 Å². The van der Waals surface area contributed by atoms with Gasteiger partial charge in [-0.05, 0) is 12.5 Å². The monoisotopic (exact) mass is 252 g/mol. The van der Waals surface area contributed by atoms with Crippen LogP contribution in [0.3, 0.4) is 0 Å². The van der Waals surface area contributed by atoms with E-state index >= 15 is 0 Å². The summed E-state index contributed by atoms with van der Waals surface area (Å²) in [5.41, 5.74) is 0.0607. The molecule has 0 bridgehead atoms. The Morgan fingerprint density at radius 3 is 2.94 bits per heavy atom. The molecule has 0 amide bonds. The van der Waals surface area contributed by atoms with Gasteiger partial charge in [-0.15, -0.1) is 12.3 Å². The molecule has 0 aliphatic carbocycles. The van der Waals surface area contributed by atoms with Gasteiger partial charge >= 0.3 is 5.97 Å². The van der Waals surface area contributed by atoms with Gasteiger partial charge in [0.2, 0.25) is 0 Å². The van der Waals surface area contributed by atoms with E-state index in [9.17, 15) is 4.79 Å². The normalized spacial score (nSPS) is 11.6. The minimum Gasteiger partial charge on any atom is -0.478 e. The summed E-state index contributed by atoms with van der Waals surface area (Å²) in [6, 6.07) is 1.45. The van der Waals surface area contributed by atoms with E-state index in [1.54, 1.807) is 0 Å². The highest BCUT2D eigenvalue weighted by molar-refractivity contribution is 6.33. The highest BCUT2D eigenvalue weighted by Gasteiger charge is 2.11. The van der Waals surface area contributed by atoms with Crippen molar-refractivity contribution < 1.29 is 9.90 Å². The standard InChI is InChI=1S/C12H13ClN2O2/c1-3-5-9(4-2)15-11-10(13)6-8(7-14-11)12(16)17/h1,6-7,9H,4-5H2,2H3,(H,14,15)(H,16,17). The largest absolute Gasteiger partial charge is 0.478 e. The maximum absolute atomic E-state index is 10.7. The minimum absolute atomic E-state index is 0.0607. The molecule has 1 atom stereocenters. The first-order valence-corrected chi connectivity index (χ1v) is 5.55. The van der Waals surface area contributed by atoms with Crippen LogP contribution in [0.1, 0.15) is 30.1 Å². The summed E-state index contributed by atoms with van der Waals surface area (Å²) in [6.45, 7) is 1.99. The van der Waals surface area contributed by atoms with Crippen LogP contribution in [0.2, 0.25) is 5.02 Å². The van der Waals surface area contributed by atoms with Gasteiger partial charge in [0.15, 0.2) is 0 Å². The second-order valence-electron chi connectivity index (χ2n) is 3.52. The molecular formula is C12H13ClN2O2. The highest BCUT2D eigenvalue weighted by Crippen LogP contribution is 2.21. The summed E-state index contributed by atoms with van der Waals surface area (Å²) in [5, 5.41) is 12.1. The Balaban J connectivity index is 2.85. The highest BCUT2D eigenvalue weighted by atomic mass is 35.5. The maximum Gasteiger partial charge on any atom is 0.337 e. The summed E-state index contributed by atoms with van der Waals surface area (Å²) in [7, 11) is 0. The van der Waals surface area contributed by atoms with E-state index < -0.39 is 5.97 Å². The molecule has 1 unspecified atom stereocenters. The van der Waals surface area contributed by atoms with Crippen molar-refractivity contribution >= 4 is 23.4 Å². The summed E-state index contributed by atoms with van der Waals surface area (Å²) in [5.74, 6) is 1.96. The number of nitrogens with zero attached hydrogens (tertiary/aromatic N) is 1. The number of carbonyl (C=O) groups is 1. The zero-order valence-corrected chi connectivity index (χ0v) is 10.2. The van der Waals surface area contributed by atoms with Gasteiger partial charge in [0.1, 0.15) is 5.82 Å². The average Bonchev–Trinajstić information content (AvgIpc) is 2.30. The molecule has 0 fully saturated rings. The van der Waals surface area contributed by atoms with Gasteiger partial charge in [-0.1, -0.05) is 18.5 Å². The van der Waals surface area contributed by atoms with Gasteiger partial charge in [0.05, 0.1) is 10.6 Å². The average molecular weight is 253 g/mol. The van der Waals surface area contributed by atoms with Gasteiger partial charge in [-0.2, -0.15) is 0 Å². The smallest absolute Gasteiger partial charge is 0.337 e. The van der Waals surface area contributed by atoms with Crippen molar-refractivity contribution in [3.05, 3.63) is 22.8 Å². The molecule has 0 aliphatic rings. The second-order valence-corrected chi connectivity index (χ2v) is 3.92. The molecule has 17 heavy (non-hydrogen) atoms. The summed E-state index contributed by atoms with van der Waals surface area (Å²) < 4.78 is 0. The quantitative estimate of drug-likeness (QED) is 0.791. The number of hydrogen-bond donors (Lipinski definition) is 2. The number of aromatic carboxylic acids is 1. The zero-order valence-electron chi connectivity index (χ0n) is 9.40. The molecule has 0 saturated carbocycles. The summed E-state index contributed by atoms with van der Waals surface area (Å²) >= 11 is 5.93. The number of halogens is 1. The summed E-state index contributed by atoms with van der Waals surface area (Å²) in [4.78, 5) is 14.7. The number of carboxylic acids is 1. The van der Waals surface area contributed by atoms with Gasteiger partial charge < -0.3 is 10.4 Å². The zero-order chi connectivity index (χ0) is 12.8. The molecule has 5 heteroatoms. The Kier molecular flexibility index (Phi) is 4.80. The number of carboxylic acid groups (broad SMARTS) is 1. The van der Waals surface area contributed by atoms with Crippen LogP contribution in [0.5, 0.6) is 0 Å². The van der Waals surface area contributed by atoms with Crippen molar-refractivity contribution in [1.29, 1.82) is 0 Å². The Bertz CT molecular complexity index is 454. The number of anilines is 1. The Hall–Kier alpha value is -1.73. The molecule has 0 radical (unpaired) electrons. The predicted molar refractivity (Wildman–Crippen MR) is 67.4 cm³/mol. The number of aromatic nitrogens is 1. The van der Waals surface area contributed by atoms with Crippen LogP contribution >= 0.6 is 11.6 Å². The van der Waals surface area contributed by atoms with Crippen LogP contribution in [0, 0.1) is 12.3 Å². The van der Waals surface area contributed by atoms with Gasteiger partial charge in [0, 0.05) is 18.7 Å². The molecule has 0 saturated heterocycles. The van der Waals surface area contributed by atoms with Crippen molar-refractivity contribution in [2.75, 3.05) is 5.32 Å². The van der Waals surface area contributed by atoms with E-state index in [0.29, 0.717) is 12.2 Å². The molecule has 2 N–H and O–H groups in total. The third-order valence-corrected chi connectivity index (χ3v) is 2.57. The Morgan fingerprint density at radius 1 is 1.76 bits per heavy atom. The SMILES string of the molecule is C#CCC(CC)Nc1ncc(C(=O)O)cc1Cl. The molecule has 90 valence electrons. The van der Waals surface area contributed by atoms with Crippen LogP contribution in [0.4, 0.5) is 5.82 Å². The minimum atomic E-state index is -1.05. The first-order chi connectivity index (χ1) is 8.08. The first-order valence-electron chi connectivity index (χ1n) is 5.17. The number of nitrogens with one attached hydrogen (secondary N) is 1. The van der Waals surface area contributed by atoms with Crippen molar-refractivity contribution in [2.45, 2.75) is 25.8 Å². The van der Waals surface area contributed by atoms with Crippen molar-refractivity contribution in [1.82, 2.24) is 4.98 Å². The number of terminal acetylenes is 1. The number of rotatable bonds is 5. The van der Waals surface area contributed by atoms with Crippen LogP contribution in [0.15, 0.2) is 12.3 Å². The lowest BCUT2D eigenvalue weighted by Crippen LogP contribution is -2.18. The van der Waals surface area contributed by atoms with Crippen LogP contribution in [-0.4, -0.2) is 22.1 Å². The number of hydrogen-bond acceptors (Lipinski definition) is 3. The van der Waals surface area contributed by atoms with E-state index in [0.717, 1.165) is 6.42 Å². The van der Waals surface area contributed by atoms with Crippen LogP contribution in [-0.2, 0) is 0 Å². The molecule has 1 aromatic heterocycles. The lowest BCUT2D eigenvalue weighted by atomic mass is 10.1. The van der Waals surface area contributed by atoms with Crippen molar-refractivity contribution in [3.63, 3.8) is 0 Å². The molecule has 1 rings (SSSR count). The van der Waals surface area contributed by atoms with Gasteiger partial charge in [-0.25, -0.2) is 9.78 Å². The van der Waals surface area contributed by atoms with Crippen molar-refractivity contribution in [3.8, 4) is 12.3 Å². The fourth-order valence-corrected chi connectivity index (χ4v) is 1.52. The molecule has 1 aromatic rings. The van der Waals surface area contributed by atoms with Crippen molar-refractivity contribution in [2.24, 2.45) is 0 Å². The van der Waals surface area contributed by atoms with Crippen LogP contribution in [0.25, 0.3) is 0 Å². The maximum atomic E-state index is 10.7. The third kappa shape index (κ3) is 3.65. The second kappa shape index (κ2) is 6.12. The Morgan fingerprint density at radius 2 is 2.47 bits per heavy atom. The first kappa shape index (κ1) is 13.3. The molecule has 0 aliphatic heterocycles. The molecule has 4 nitrogen and oxygen atoms in total. The number of pyridine rings is 1. The summed E-state index contributed by atoms with van der Waals surface area (Å²) in [6.07, 6.45) is 7.90. The fourth-order valence-electron chi connectivity index (χ4n) is 1.29. The van der Waals surface area contributed by atoms with E-state index in [1.807, 2.05) is 6.92 Å². The predicted octanol–water partition coefficient (Wildman–Crippen LogP) is 2.65. The van der Waals surface area contributed by atoms with E-state index in [4.69, 9.17) is 23.1 Å². The molecular weight excluding hydrogens is 240 g/mol. The molecule has 1 heterocycles. The topological polar surface area (TPSA) is 62.2 Å². The Labute approximate surface area is 105 Å². The molecule has 0 aromatic carbocycles. The van der Waals surface area contributed by atoms with Crippen LogP contribution < -0.4 is 5.32 Å². The lowest BCUT2D eigenvalue weighted by molar-refractivity contribution is 0.0696. The lowest BCUT2D eigenvalue weighted by Gasteiger charge is -2.15. The van der Waals surface area contributed by atoms with E-state index in [2.05, 4.69) is 16.2 Å². The molecule has 0 spiro atoms.